The highest BCUT2D eigenvalue weighted by atomic mass is 16.5. The SMILES string of the molecule is CCOc1cccc(NCCN2CCN(C)CC2)c1. The van der Waals surface area contributed by atoms with Gasteiger partial charge in [0.15, 0.2) is 0 Å². The molecule has 0 radical (unpaired) electrons. The van der Waals surface area contributed by atoms with Crippen molar-refractivity contribution < 1.29 is 4.74 Å². The first-order valence-corrected chi connectivity index (χ1v) is 7.15. The summed E-state index contributed by atoms with van der Waals surface area (Å²) in [6, 6.07) is 8.18. The Morgan fingerprint density at radius 2 is 2.00 bits per heavy atom. The van der Waals surface area contributed by atoms with Gasteiger partial charge in [0, 0.05) is 51.0 Å². The van der Waals surface area contributed by atoms with Crippen LogP contribution in [0.3, 0.4) is 0 Å². The van der Waals surface area contributed by atoms with Crippen LogP contribution in [-0.2, 0) is 0 Å². The smallest absolute Gasteiger partial charge is 0.121 e. The summed E-state index contributed by atoms with van der Waals surface area (Å²) in [5.74, 6) is 0.937. The molecule has 1 aromatic carbocycles. The topological polar surface area (TPSA) is 27.7 Å². The summed E-state index contributed by atoms with van der Waals surface area (Å²) in [7, 11) is 2.19. The van der Waals surface area contributed by atoms with Crippen LogP contribution in [0.2, 0.25) is 0 Å². The van der Waals surface area contributed by atoms with Gasteiger partial charge in [-0.1, -0.05) is 6.07 Å². The van der Waals surface area contributed by atoms with E-state index in [9.17, 15) is 0 Å². The molecule has 0 spiro atoms. The molecule has 0 bridgehead atoms. The summed E-state index contributed by atoms with van der Waals surface area (Å²) < 4.78 is 5.50. The zero-order chi connectivity index (χ0) is 13.5. The van der Waals surface area contributed by atoms with E-state index in [1.807, 2.05) is 19.1 Å². The first-order chi connectivity index (χ1) is 9.28. The van der Waals surface area contributed by atoms with E-state index < -0.39 is 0 Å². The monoisotopic (exact) mass is 263 g/mol. The molecular formula is C15H25N3O. The van der Waals surface area contributed by atoms with Crippen LogP contribution in [0, 0.1) is 0 Å². The molecule has 0 aliphatic carbocycles. The van der Waals surface area contributed by atoms with E-state index in [2.05, 4.69) is 34.3 Å². The summed E-state index contributed by atoms with van der Waals surface area (Å²) in [4.78, 5) is 4.90. The number of piperazine rings is 1. The van der Waals surface area contributed by atoms with Crippen molar-refractivity contribution in [3.8, 4) is 5.75 Å². The lowest BCUT2D eigenvalue weighted by Gasteiger charge is -2.32. The van der Waals surface area contributed by atoms with Gasteiger partial charge in [-0.3, -0.25) is 4.90 Å². The van der Waals surface area contributed by atoms with E-state index in [0.29, 0.717) is 6.61 Å². The Hall–Kier alpha value is -1.26. The molecule has 2 rings (SSSR count). The minimum Gasteiger partial charge on any atom is -0.494 e. The van der Waals surface area contributed by atoms with Crippen molar-refractivity contribution in [2.75, 3.05) is 58.2 Å². The molecule has 4 nitrogen and oxygen atoms in total. The van der Waals surface area contributed by atoms with Crippen LogP contribution in [0.5, 0.6) is 5.75 Å². The van der Waals surface area contributed by atoms with Crippen LogP contribution < -0.4 is 10.1 Å². The Morgan fingerprint density at radius 1 is 1.21 bits per heavy atom. The van der Waals surface area contributed by atoms with E-state index in [1.165, 1.54) is 26.2 Å². The van der Waals surface area contributed by atoms with E-state index in [0.717, 1.165) is 24.5 Å². The summed E-state index contributed by atoms with van der Waals surface area (Å²) in [5, 5.41) is 3.47. The van der Waals surface area contributed by atoms with Crippen LogP contribution in [0.25, 0.3) is 0 Å². The lowest BCUT2D eigenvalue weighted by molar-refractivity contribution is 0.158. The maximum atomic E-state index is 5.50. The number of nitrogens with zero attached hydrogens (tertiary/aromatic N) is 2. The second-order valence-electron chi connectivity index (χ2n) is 5.03. The molecule has 106 valence electrons. The zero-order valence-electron chi connectivity index (χ0n) is 12.1. The normalized spacial score (nSPS) is 17.4. The molecule has 1 aliphatic rings. The summed E-state index contributed by atoms with van der Waals surface area (Å²) in [6.45, 7) is 9.53. The molecule has 0 saturated carbocycles. The Labute approximate surface area is 116 Å². The molecule has 4 heteroatoms. The largest absolute Gasteiger partial charge is 0.494 e. The molecule has 0 aromatic heterocycles. The molecular weight excluding hydrogens is 238 g/mol. The first-order valence-electron chi connectivity index (χ1n) is 7.15. The predicted molar refractivity (Wildman–Crippen MR) is 80.0 cm³/mol. The first kappa shape index (κ1) is 14.2. The Morgan fingerprint density at radius 3 is 2.74 bits per heavy atom. The van der Waals surface area contributed by atoms with Crippen molar-refractivity contribution in [2.45, 2.75) is 6.92 Å². The van der Waals surface area contributed by atoms with Gasteiger partial charge in [-0.25, -0.2) is 0 Å². The summed E-state index contributed by atoms with van der Waals surface area (Å²) in [5.41, 5.74) is 1.14. The van der Waals surface area contributed by atoms with Gasteiger partial charge in [0.2, 0.25) is 0 Å². The second kappa shape index (κ2) is 7.36. The van der Waals surface area contributed by atoms with Gasteiger partial charge in [0.1, 0.15) is 5.75 Å². The molecule has 19 heavy (non-hydrogen) atoms. The van der Waals surface area contributed by atoms with E-state index in [1.54, 1.807) is 0 Å². The number of nitrogens with one attached hydrogen (secondary N) is 1. The Balaban J connectivity index is 1.71. The fourth-order valence-electron chi connectivity index (χ4n) is 2.29. The van der Waals surface area contributed by atoms with Gasteiger partial charge < -0.3 is 15.0 Å². The highest BCUT2D eigenvalue weighted by Crippen LogP contribution is 2.16. The maximum absolute atomic E-state index is 5.50. The van der Waals surface area contributed by atoms with Crippen LogP contribution in [0.4, 0.5) is 5.69 Å². The fraction of sp³-hybridized carbons (Fsp3) is 0.600. The average molecular weight is 263 g/mol. The molecule has 1 heterocycles. The van der Waals surface area contributed by atoms with Crippen LogP contribution >= 0.6 is 0 Å². The van der Waals surface area contributed by atoms with Crippen molar-refractivity contribution in [2.24, 2.45) is 0 Å². The van der Waals surface area contributed by atoms with E-state index >= 15 is 0 Å². The molecule has 1 aliphatic heterocycles. The third-order valence-electron chi connectivity index (χ3n) is 3.50. The number of hydrogen-bond acceptors (Lipinski definition) is 4. The standard InChI is InChI=1S/C15H25N3O/c1-3-19-15-6-4-5-14(13-15)16-7-8-18-11-9-17(2)10-12-18/h4-6,13,16H,3,7-12H2,1-2H3. The van der Waals surface area contributed by atoms with Crippen molar-refractivity contribution >= 4 is 5.69 Å². The van der Waals surface area contributed by atoms with Gasteiger partial charge in [0.25, 0.3) is 0 Å². The number of anilines is 1. The Kier molecular flexibility index (Phi) is 5.48. The van der Waals surface area contributed by atoms with Gasteiger partial charge >= 0.3 is 0 Å². The van der Waals surface area contributed by atoms with Crippen molar-refractivity contribution in [1.82, 2.24) is 9.80 Å². The lowest BCUT2D eigenvalue weighted by Crippen LogP contribution is -2.45. The molecule has 1 aromatic rings. The van der Waals surface area contributed by atoms with Gasteiger partial charge in [0.05, 0.1) is 6.61 Å². The highest BCUT2D eigenvalue weighted by molar-refractivity contribution is 5.48. The Bertz CT molecular complexity index is 375. The molecule has 1 saturated heterocycles. The molecule has 1 fully saturated rings. The van der Waals surface area contributed by atoms with E-state index in [-0.39, 0.29) is 0 Å². The van der Waals surface area contributed by atoms with Crippen LogP contribution in [-0.4, -0.2) is 62.7 Å². The van der Waals surface area contributed by atoms with Gasteiger partial charge in [-0.2, -0.15) is 0 Å². The van der Waals surface area contributed by atoms with E-state index in [4.69, 9.17) is 4.74 Å². The second-order valence-corrected chi connectivity index (χ2v) is 5.03. The number of benzene rings is 1. The number of hydrogen-bond donors (Lipinski definition) is 1. The quantitative estimate of drug-likeness (QED) is 0.846. The molecule has 0 unspecified atom stereocenters. The average Bonchev–Trinajstić information content (AvgIpc) is 2.42. The van der Waals surface area contributed by atoms with Crippen molar-refractivity contribution in [3.05, 3.63) is 24.3 Å². The predicted octanol–water partition coefficient (Wildman–Crippen LogP) is 1.74. The van der Waals surface area contributed by atoms with Crippen LogP contribution in [0.1, 0.15) is 6.92 Å². The zero-order valence-corrected chi connectivity index (χ0v) is 12.1. The van der Waals surface area contributed by atoms with Gasteiger partial charge in [-0.15, -0.1) is 0 Å². The lowest BCUT2D eigenvalue weighted by atomic mass is 10.3. The third-order valence-corrected chi connectivity index (χ3v) is 3.50. The minimum atomic E-state index is 0.713. The number of ether oxygens (including phenoxy) is 1. The van der Waals surface area contributed by atoms with Crippen molar-refractivity contribution in [1.29, 1.82) is 0 Å². The molecule has 0 amide bonds. The summed E-state index contributed by atoms with van der Waals surface area (Å²) >= 11 is 0. The maximum Gasteiger partial charge on any atom is 0.121 e. The summed E-state index contributed by atoms with van der Waals surface area (Å²) in [6.07, 6.45) is 0. The minimum absolute atomic E-state index is 0.713. The number of likely N-dealkylation sites (N-methyl/N-ethyl adjacent to an activating group) is 1. The molecule has 1 N–H and O–H groups in total. The van der Waals surface area contributed by atoms with Crippen LogP contribution in [0.15, 0.2) is 24.3 Å². The van der Waals surface area contributed by atoms with Gasteiger partial charge in [-0.05, 0) is 26.1 Å². The highest BCUT2D eigenvalue weighted by Gasteiger charge is 2.12. The third kappa shape index (κ3) is 4.73. The number of rotatable bonds is 6. The fourth-order valence-corrected chi connectivity index (χ4v) is 2.29. The van der Waals surface area contributed by atoms with Crippen molar-refractivity contribution in [3.63, 3.8) is 0 Å². The molecule has 0 atom stereocenters.